The zero-order chi connectivity index (χ0) is 13.7. The van der Waals surface area contributed by atoms with Crippen LogP contribution in [0, 0.1) is 5.41 Å². The van der Waals surface area contributed by atoms with Crippen molar-refractivity contribution >= 4 is 0 Å². The molecular weight excluding hydrogens is 366 g/mol. The van der Waals surface area contributed by atoms with Crippen LogP contribution >= 0.6 is 0 Å². The smallest absolute Gasteiger partial charge is 1.00 e. The van der Waals surface area contributed by atoms with E-state index in [-0.39, 0.29) is 24.8 Å². The number of hydrogen-bond donors (Lipinski definition) is 0. The Kier molecular flexibility index (Phi) is 7.27. The average molecular weight is 391 g/mol. The van der Waals surface area contributed by atoms with Crippen LogP contribution in [0.1, 0.15) is 54.9 Å². The van der Waals surface area contributed by atoms with Crippen LogP contribution in [0.5, 0.6) is 0 Å². The molecule has 0 heterocycles. The molecule has 0 aliphatic heterocycles. The molecule has 3 heteroatoms. The Morgan fingerprint density at radius 2 is 1.50 bits per heavy atom. The molecular formula is C17H24Cl2Zr. The maximum atomic E-state index is 2.42. The second-order valence-electron chi connectivity index (χ2n) is 6.25. The van der Waals surface area contributed by atoms with E-state index in [1.165, 1.54) is 6.42 Å². The summed E-state index contributed by atoms with van der Waals surface area (Å²) >= 11 is -0.619. The minimum Gasteiger partial charge on any atom is -1.00 e. The fourth-order valence-corrected chi connectivity index (χ4v) is 7.30. The fraction of sp³-hybridized carbons (Fsp3) is 0.529. The summed E-state index contributed by atoms with van der Waals surface area (Å²) in [5.41, 5.74) is 8.26. The summed E-state index contributed by atoms with van der Waals surface area (Å²) < 4.78 is 3.55. The van der Waals surface area contributed by atoms with E-state index in [0.29, 0.717) is 5.41 Å². The zero-order valence-corrected chi connectivity index (χ0v) is 17.5. The normalized spacial score (nSPS) is 20.6. The molecule has 0 aromatic rings. The van der Waals surface area contributed by atoms with Crippen LogP contribution in [0.4, 0.5) is 0 Å². The molecule has 0 unspecified atom stereocenters. The first kappa shape index (κ1) is 20.4. The third-order valence-electron chi connectivity index (χ3n) is 4.85. The molecule has 0 aromatic carbocycles. The van der Waals surface area contributed by atoms with Crippen molar-refractivity contribution in [2.45, 2.75) is 54.9 Å². The molecule has 2 rings (SSSR count). The molecule has 0 fully saturated rings. The van der Waals surface area contributed by atoms with Crippen LogP contribution in [0.3, 0.4) is 0 Å². The van der Waals surface area contributed by atoms with Gasteiger partial charge in [-0.25, -0.2) is 0 Å². The standard InChI is InChI=1S/C10H15.C7H9.2ClH.Zr/c1-7-6-10(4,5)9(3)8(7)2;1-6-3-4-7(2)5-6;;;/h1-5H3;3H,4H2,1-2H3;2*1H;/q;;;;+2/p-2. The van der Waals surface area contributed by atoms with E-state index in [9.17, 15) is 0 Å². The van der Waals surface area contributed by atoms with E-state index >= 15 is 0 Å². The number of allylic oxidation sites excluding steroid dienone is 8. The molecule has 2 aliphatic carbocycles. The predicted molar refractivity (Wildman–Crippen MR) is 75.9 cm³/mol. The quantitative estimate of drug-likeness (QED) is 0.588. The Hall–Kier alpha value is 0.423. The molecule has 0 nitrogen and oxygen atoms in total. The van der Waals surface area contributed by atoms with Gasteiger partial charge >= 0.3 is 124 Å². The van der Waals surface area contributed by atoms with E-state index in [0.717, 1.165) is 0 Å². The molecule has 110 valence electrons. The van der Waals surface area contributed by atoms with Crippen molar-refractivity contribution in [3.63, 3.8) is 0 Å². The van der Waals surface area contributed by atoms with Crippen molar-refractivity contribution in [3.05, 3.63) is 40.5 Å². The van der Waals surface area contributed by atoms with Crippen molar-refractivity contribution in [2.75, 3.05) is 0 Å². The van der Waals surface area contributed by atoms with E-state index in [1.807, 2.05) is 0 Å². The van der Waals surface area contributed by atoms with Crippen molar-refractivity contribution in [2.24, 2.45) is 5.41 Å². The average Bonchev–Trinajstić information content (AvgIpc) is 2.68. The molecule has 0 atom stereocenters. The van der Waals surface area contributed by atoms with Crippen LogP contribution in [-0.4, -0.2) is 0 Å². The molecule has 0 aromatic heterocycles. The third-order valence-corrected chi connectivity index (χ3v) is 10.6. The molecule has 0 saturated carbocycles. The molecule has 0 spiro atoms. The van der Waals surface area contributed by atoms with E-state index in [1.54, 1.807) is 34.4 Å². The summed E-state index contributed by atoms with van der Waals surface area (Å²) in [6.07, 6.45) is 3.61. The Morgan fingerprint density at radius 1 is 0.950 bits per heavy atom. The third kappa shape index (κ3) is 3.26. The minimum atomic E-state index is -0.619. The van der Waals surface area contributed by atoms with Gasteiger partial charge in [0.1, 0.15) is 0 Å². The SMILES string of the molecule is CC1=CCC(C)=[C]1[Zr+2][C]1=C(C)C(C)=C(C)C1(C)C.[Cl-].[Cl-]. The van der Waals surface area contributed by atoms with Crippen molar-refractivity contribution in [1.29, 1.82) is 0 Å². The maximum absolute atomic E-state index is 2.42. The molecule has 0 bridgehead atoms. The van der Waals surface area contributed by atoms with Gasteiger partial charge in [-0.15, -0.1) is 0 Å². The van der Waals surface area contributed by atoms with Crippen molar-refractivity contribution < 1.29 is 48.0 Å². The van der Waals surface area contributed by atoms with Gasteiger partial charge in [0.05, 0.1) is 0 Å². The van der Waals surface area contributed by atoms with E-state index < -0.39 is 23.2 Å². The Labute approximate surface area is 148 Å². The summed E-state index contributed by atoms with van der Waals surface area (Å²) in [4.78, 5) is 0. The first-order valence-corrected chi connectivity index (χ1v) is 9.26. The number of halogens is 2. The van der Waals surface area contributed by atoms with Gasteiger partial charge in [-0.2, -0.15) is 0 Å². The van der Waals surface area contributed by atoms with Gasteiger partial charge in [0.2, 0.25) is 0 Å². The molecule has 20 heavy (non-hydrogen) atoms. The topological polar surface area (TPSA) is 0 Å². The van der Waals surface area contributed by atoms with E-state index in [4.69, 9.17) is 0 Å². The van der Waals surface area contributed by atoms with Crippen molar-refractivity contribution in [3.8, 4) is 0 Å². The monoisotopic (exact) mass is 388 g/mol. The Balaban J connectivity index is 0.00000180. The van der Waals surface area contributed by atoms with Gasteiger partial charge < -0.3 is 24.8 Å². The van der Waals surface area contributed by atoms with Crippen LogP contribution in [0.25, 0.3) is 0 Å². The van der Waals surface area contributed by atoms with Crippen LogP contribution in [0.2, 0.25) is 0 Å². The van der Waals surface area contributed by atoms with Gasteiger partial charge in [-0.3, -0.25) is 0 Å². The summed E-state index contributed by atoms with van der Waals surface area (Å²) in [6.45, 7) is 16.4. The first-order valence-electron chi connectivity index (χ1n) is 6.80. The van der Waals surface area contributed by atoms with Gasteiger partial charge in [0.25, 0.3) is 0 Å². The molecule has 0 N–H and O–H groups in total. The molecule has 2 aliphatic rings. The molecule has 0 amide bonds. The van der Waals surface area contributed by atoms with Crippen LogP contribution in [-0.2, 0) is 23.2 Å². The summed E-state index contributed by atoms with van der Waals surface area (Å²) in [5.74, 6) is 0. The van der Waals surface area contributed by atoms with E-state index in [2.05, 4.69) is 54.5 Å². The first-order chi connectivity index (χ1) is 8.26. The van der Waals surface area contributed by atoms with Gasteiger partial charge in [-0.1, -0.05) is 0 Å². The van der Waals surface area contributed by atoms with Gasteiger partial charge in [-0.05, 0) is 0 Å². The zero-order valence-electron chi connectivity index (χ0n) is 13.5. The Bertz CT molecular complexity index is 531. The number of hydrogen-bond acceptors (Lipinski definition) is 0. The minimum absolute atomic E-state index is 0. The summed E-state index contributed by atoms with van der Waals surface area (Å²) in [6, 6.07) is 0. The second kappa shape index (κ2) is 7.12. The van der Waals surface area contributed by atoms with Crippen LogP contribution < -0.4 is 24.8 Å². The molecule has 0 saturated heterocycles. The fourth-order valence-electron chi connectivity index (χ4n) is 3.02. The predicted octanol–water partition coefficient (Wildman–Crippen LogP) is -0.649. The second-order valence-corrected chi connectivity index (χ2v) is 9.32. The van der Waals surface area contributed by atoms with Gasteiger partial charge in [0, 0.05) is 0 Å². The van der Waals surface area contributed by atoms with Crippen molar-refractivity contribution in [1.82, 2.24) is 0 Å². The molecule has 0 radical (unpaired) electrons. The largest absolute Gasteiger partial charge is 1.00 e. The van der Waals surface area contributed by atoms with Gasteiger partial charge in [0.15, 0.2) is 0 Å². The summed E-state index contributed by atoms with van der Waals surface area (Å²) in [7, 11) is 0. The maximum Gasteiger partial charge on any atom is -1.00 e. The summed E-state index contributed by atoms with van der Waals surface area (Å²) in [5, 5.41) is 0. The number of rotatable bonds is 2. The Morgan fingerprint density at radius 3 is 1.85 bits per heavy atom. The van der Waals surface area contributed by atoms with Crippen LogP contribution in [0.15, 0.2) is 40.5 Å².